The molecule has 0 aliphatic carbocycles. The summed E-state index contributed by atoms with van der Waals surface area (Å²) in [6.45, 7) is 4.22. The minimum absolute atomic E-state index is 0.248. The molecule has 1 aromatic heterocycles. The number of fused-ring (bicyclic) bond motifs is 1. The highest BCUT2D eigenvalue weighted by atomic mass is 127. The van der Waals surface area contributed by atoms with E-state index < -0.39 is 6.04 Å². The number of ether oxygens (including phenoxy) is 3. The molecule has 5 rings (SSSR count). The average Bonchev–Trinajstić information content (AvgIpc) is 3.27. The fourth-order valence-electron chi connectivity index (χ4n) is 4.72. The van der Waals surface area contributed by atoms with E-state index in [-0.39, 0.29) is 11.5 Å². The summed E-state index contributed by atoms with van der Waals surface area (Å²) in [4.78, 5) is 33.0. The number of carbonyl (C=O) groups excluding carboxylic acids is 1. The van der Waals surface area contributed by atoms with Gasteiger partial charge in [0.1, 0.15) is 5.75 Å². The molecule has 41 heavy (non-hydrogen) atoms. The van der Waals surface area contributed by atoms with Gasteiger partial charge in [0, 0.05) is 5.69 Å². The normalized spacial score (nSPS) is 14.8. The lowest BCUT2D eigenvalue weighted by molar-refractivity contribution is -0.113. The molecule has 0 saturated heterocycles. The standard InChI is InChI=1S/C31H28IN3O5S/c1-5-40-28-23(32)14-19(15-24(28)39-4)16-25-30(37)35-27(20-10-9-13-22(17-20)38-3)26(18(2)33-31(35)41-25)29(36)34-21-11-7-6-8-12-21/h6-17,27H,5H2,1-4H3,(H,34,36)/b25-16-/t27-/m0/s1. The summed E-state index contributed by atoms with van der Waals surface area (Å²) in [5, 5.41) is 2.97. The summed E-state index contributed by atoms with van der Waals surface area (Å²) in [6.07, 6.45) is 1.82. The second-order valence-corrected chi connectivity index (χ2v) is 11.3. The third-order valence-electron chi connectivity index (χ3n) is 6.55. The first kappa shape index (κ1) is 28.6. The zero-order valence-corrected chi connectivity index (χ0v) is 25.9. The van der Waals surface area contributed by atoms with Crippen LogP contribution in [-0.4, -0.2) is 31.3 Å². The average molecular weight is 682 g/mol. The number of hydrogen-bond acceptors (Lipinski definition) is 7. The lowest BCUT2D eigenvalue weighted by Gasteiger charge is -2.25. The Labute approximate surface area is 254 Å². The van der Waals surface area contributed by atoms with Crippen LogP contribution in [0.1, 0.15) is 31.0 Å². The Kier molecular flexibility index (Phi) is 8.60. The molecule has 3 aromatic carbocycles. The molecule has 0 spiro atoms. The Morgan fingerprint density at radius 3 is 2.59 bits per heavy atom. The number of thiazole rings is 1. The molecule has 2 heterocycles. The minimum atomic E-state index is -0.706. The maximum atomic E-state index is 14.0. The highest BCUT2D eigenvalue weighted by Crippen LogP contribution is 2.35. The molecule has 0 saturated carbocycles. The number of rotatable bonds is 8. The third-order valence-corrected chi connectivity index (χ3v) is 8.33. The van der Waals surface area contributed by atoms with E-state index in [0.29, 0.717) is 50.1 Å². The predicted molar refractivity (Wildman–Crippen MR) is 169 cm³/mol. The SMILES string of the molecule is CCOc1c(I)cc(/C=c2\sc3n(c2=O)[C@@H](c2cccc(OC)c2)C(C(=O)Nc2ccccc2)=C(C)N=3)cc1OC. The van der Waals surface area contributed by atoms with Crippen LogP contribution < -0.4 is 34.4 Å². The quantitative estimate of drug-likeness (QED) is 0.268. The first-order chi connectivity index (χ1) is 19.8. The first-order valence-corrected chi connectivity index (χ1v) is 14.8. The molecule has 0 radical (unpaired) electrons. The van der Waals surface area contributed by atoms with Crippen LogP contribution in [0.25, 0.3) is 6.08 Å². The number of aromatic nitrogens is 1. The second-order valence-electron chi connectivity index (χ2n) is 9.15. The zero-order chi connectivity index (χ0) is 29.1. The van der Waals surface area contributed by atoms with Crippen molar-refractivity contribution in [2.45, 2.75) is 19.9 Å². The van der Waals surface area contributed by atoms with Gasteiger partial charge in [0.05, 0.1) is 46.2 Å². The van der Waals surface area contributed by atoms with E-state index in [1.165, 1.54) is 11.3 Å². The van der Waals surface area contributed by atoms with E-state index in [0.717, 1.165) is 14.7 Å². The van der Waals surface area contributed by atoms with E-state index in [9.17, 15) is 9.59 Å². The molecule has 0 fully saturated rings. The predicted octanol–water partition coefficient (Wildman–Crippen LogP) is 4.89. The van der Waals surface area contributed by atoms with Crippen molar-refractivity contribution in [2.24, 2.45) is 4.99 Å². The monoisotopic (exact) mass is 681 g/mol. The van der Waals surface area contributed by atoms with Gasteiger partial charge in [-0.1, -0.05) is 41.7 Å². The van der Waals surface area contributed by atoms with Crippen LogP contribution in [0, 0.1) is 3.57 Å². The summed E-state index contributed by atoms with van der Waals surface area (Å²) in [6, 6.07) is 19.7. The number of anilines is 1. The van der Waals surface area contributed by atoms with E-state index in [4.69, 9.17) is 19.2 Å². The van der Waals surface area contributed by atoms with E-state index in [1.54, 1.807) is 25.7 Å². The third kappa shape index (κ3) is 5.80. The minimum Gasteiger partial charge on any atom is -0.497 e. The molecule has 1 atom stereocenters. The highest BCUT2D eigenvalue weighted by Gasteiger charge is 2.32. The van der Waals surface area contributed by atoms with E-state index in [2.05, 4.69) is 27.9 Å². The number of hydrogen-bond donors (Lipinski definition) is 1. The molecule has 10 heteroatoms. The summed E-state index contributed by atoms with van der Waals surface area (Å²) in [5.74, 6) is 1.54. The van der Waals surface area contributed by atoms with Crippen LogP contribution >= 0.6 is 33.9 Å². The van der Waals surface area contributed by atoms with E-state index in [1.807, 2.05) is 79.7 Å². The van der Waals surface area contributed by atoms with Gasteiger partial charge in [0.2, 0.25) is 0 Å². The van der Waals surface area contributed by atoms with Gasteiger partial charge in [-0.3, -0.25) is 14.2 Å². The Morgan fingerprint density at radius 1 is 1.10 bits per heavy atom. The molecule has 0 bridgehead atoms. The smallest absolute Gasteiger partial charge is 0.271 e. The fourth-order valence-corrected chi connectivity index (χ4v) is 6.55. The summed E-state index contributed by atoms with van der Waals surface area (Å²) >= 11 is 3.48. The van der Waals surface area contributed by atoms with Crippen LogP contribution in [-0.2, 0) is 4.79 Å². The molecule has 1 N–H and O–H groups in total. The fraction of sp³-hybridized carbons (Fsp3) is 0.194. The maximum absolute atomic E-state index is 14.0. The number of nitrogens with zero attached hydrogens (tertiary/aromatic N) is 2. The van der Waals surface area contributed by atoms with Crippen LogP contribution in [0.5, 0.6) is 17.2 Å². The number of amides is 1. The lowest BCUT2D eigenvalue weighted by atomic mass is 9.95. The van der Waals surface area contributed by atoms with E-state index >= 15 is 0 Å². The van der Waals surface area contributed by atoms with Crippen molar-refractivity contribution in [3.05, 3.63) is 112 Å². The van der Waals surface area contributed by atoms with Gasteiger partial charge < -0.3 is 19.5 Å². The molecular formula is C31H28IN3O5S. The van der Waals surface area contributed by atoms with Gasteiger partial charge in [-0.05, 0) is 90.0 Å². The van der Waals surface area contributed by atoms with Gasteiger partial charge >= 0.3 is 0 Å². The largest absolute Gasteiger partial charge is 0.497 e. The van der Waals surface area contributed by atoms with Crippen molar-refractivity contribution in [1.82, 2.24) is 4.57 Å². The Hall–Kier alpha value is -3.90. The molecule has 1 amide bonds. The van der Waals surface area contributed by atoms with Gasteiger partial charge in [0.25, 0.3) is 11.5 Å². The summed E-state index contributed by atoms with van der Waals surface area (Å²) < 4.78 is 19.7. The second kappa shape index (κ2) is 12.3. The van der Waals surface area contributed by atoms with Crippen molar-refractivity contribution in [3.63, 3.8) is 0 Å². The highest BCUT2D eigenvalue weighted by molar-refractivity contribution is 14.1. The number of allylic oxidation sites excluding steroid dienone is 1. The Balaban J connectivity index is 1.67. The van der Waals surface area contributed by atoms with Gasteiger partial charge in [0.15, 0.2) is 16.3 Å². The number of benzene rings is 3. The topological polar surface area (TPSA) is 91.2 Å². The zero-order valence-electron chi connectivity index (χ0n) is 22.9. The molecule has 4 aromatic rings. The molecule has 1 aliphatic heterocycles. The maximum Gasteiger partial charge on any atom is 0.271 e. The number of nitrogens with one attached hydrogen (secondary N) is 1. The van der Waals surface area contributed by atoms with Crippen molar-refractivity contribution in [2.75, 3.05) is 26.1 Å². The van der Waals surface area contributed by atoms with Crippen LogP contribution in [0.15, 0.2) is 87.8 Å². The molecular weight excluding hydrogens is 653 g/mol. The Bertz CT molecular complexity index is 1830. The number of methoxy groups -OCH3 is 2. The number of carbonyl (C=O) groups is 1. The van der Waals surface area contributed by atoms with Crippen LogP contribution in [0.3, 0.4) is 0 Å². The Morgan fingerprint density at radius 2 is 1.88 bits per heavy atom. The molecule has 210 valence electrons. The van der Waals surface area contributed by atoms with Crippen molar-refractivity contribution in [3.8, 4) is 17.2 Å². The van der Waals surface area contributed by atoms with Gasteiger partial charge in [-0.2, -0.15) is 0 Å². The van der Waals surface area contributed by atoms with Crippen molar-refractivity contribution < 1.29 is 19.0 Å². The lowest BCUT2D eigenvalue weighted by Crippen LogP contribution is -2.40. The van der Waals surface area contributed by atoms with Crippen LogP contribution in [0.4, 0.5) is 5.69 Å². The number of halogens is 1. The molecule has 1 aliphatic rings. The molecule has 0 unspecified atom stereocenters. The van der Waals surface area contributed by atoms with Crippen molar-refractivity contribution in [1.29, 1.82) is 0 Å². The first-order valence-electron chi connectivity index (χ1n) is 12.9. The summed E-state index contributed by atoms with van der Waals surface area (Å²) in [5.41, 5.74) is 2.85. The van der Waals surface area contributed by atoms with Gasteiger partial charge in [-0.15, -0.1) is 0 Å². The summed E-state index contributed by atoms with van der Waals surface area (Å²) in [7, 11) is 3.17. The van der Waals surface area contributed by atoms with Gasteiger partial charge in [-0.25, -0.2) is 4.99 Å². The van der Waals surface area contributed by atoms with Crippen molar-refractivity contribution >= 4 is 51.6 Å². The van der Waals surface area contributed by atoms with Crippen LogP contribution in [0.2, 0.25) is 0 Å². The molecule has 8 nitrogen and oxygen atoms in total. The number of para-hydroxylation sites is 1.